The second-order valence-corrected chi connectivity index (χ2v) is 4.33. The fourth-order valence-electron chi connectivity index (χ4n) is 2.07. The fraction of sp³-hybridized carbons (Fsp3) is 0.545. The first kappa shape index (κ1) is 12.6. The predicted molar refractivity (Wildman–Crippen MR) is 62.7 cm³/mol. The smallest absolute Gasteiger partial charge is 0.305 e. The van der Waals surface area contributed by atoms with Crippen LogP contribution in [0.25, 0.3) is 0 Å². The lowest BCUT2D eigenvalue weighted by Gasteiger charge is -2.33. The Morgan fingerprint density at radius 3 is 3.06 bits per heavy atom. The number of amides is 1. The summed E-state index contributed by atoms with van der Waals surface area (Å²) in [5, 5.41) is 11.5. The molecule has 2 heterocycles. The zero-order chi connectivity index (χ0) is 13.1. The summed E-state index contributed by atoms with van der Waals surface area (Å²) in [6, 6.07) is -0.618. The molecule has 18 heavy (non-hydrogen) atoms. The molecule has 7 nitrogen and oxygen atoms in total. The van der Waals surface area contributed by atoms with Crippen molar-refractivity contribution in [3.05, 3.63) is 18.2 Å². The largest absolute Gasteiger partial charge is 0.481 e. The van der Waals surface area contributed by atoms with Crippen molar-refractivity contribution < 1.29 is 14.7 Å². The normalized spacial score (nSPS) is 20.7. The van der Waals surface area contributed by atoms with E-state index >= 15 is 0 Å². The number of hydrogen-bond acceptors (Lipinski definition) is 4. The van der Waals surface area contributed by atoms with Crippen molar-refractivity contribution in [2.75, 3.05) is 13.1 Å². The summed E-state index contributed by atoms with van der Waals surface area (Å²) in [6.45, 7) is 1.66. The van der Waals surface area contributed by atoms with Crippen LogP contribution in [0.2, 0.25) is 0 Å². The average Bonchev–Trinajstić information content (AvgIpc) is 2.69. The Bertz CT molecular complexity index is 457. The van der Waals surface area contributed by atoms with Crippen molar-refractivity contribution in [1.29, 1.82) is 0 Å². The molecular formula is C11H16N4O3. The Morgan fingerprint density at radius 1 is 1.67 bits per heavy atom. The molecule has 1 aliphatic rings. The summed E-state index contributed by atoms with van der Waals surface area (Å²) in [6.07, 6.45) is 3.33. The minimum Gasteiger partial charge on any atom is -0.481 e. The molecule has 0 radical (unpaired) electrons. The van der Waals surface area contributed by atoms with Gasteiger partial charge in [-0.2, -0.15) is 0 Å². The number of carboxylic acid groups (broad SMARTS) is 1. The molecule has 2 rings (SSSR count). The van der Waals surface area contributed by atoms with E-state index in [0.29, 0.717) is 19.6 Å². The van der Waals surface area contributed by atoms with Gasteiger partial charge in [0.2, 0.25) is 5.91 Å². The Labute approximate surface area is 104 Å². The lowest BCUT2D eigenvalue weighted by Crippen LogP contribution is -2.55. The molecule has 2 N–H and O–H groups in total. The van der Waals surface area contributed by atoms with E-state index in [1.165, 1.54) is 0 Å². The molecule has 1 unspecified atom stereocenters. The lowest BCUT2D eigenvalue weighted by atomic mass is 10.1. The van der Waals surface area contributed by atoms with Crippen LogP contribution in [0.4, 0.5) is 0 Å². The van der Waals surface area contributed by atoms with Gasteiger partial charge in [0.25, 0.3) is 0 Å². The molecule has 1 aromatic heterocycles. The van der Waals surface area contributed by atoms with Gasteiger partial charge >= 0.3 is 5.97 Å². The number of aliphatic carboxylic acids is 1. The monoisotopic (exact) mass is 252 g/mol. The number of imidazole rings is 1. The van der Waals surface area contributed by atoms with E-state index in [1.807, 2.05) is 22.7 Å². The Morgan fingerprint density at radius 2 is 2.44 bits per heavy atom. The number of rotatable bonds is 4. The fourth-order valence-corrected chi connectivity index (χ4v) is 2.07. The number of piperazine rings is 1. The third kappa shape index (κ3) is 2.67. The molecule has 0 spiro atoms. The summed E-state index contributed by atoms with van der Waals surface area (Å²) in [7, 11) is 1.87. The third-order valence-corrected chi connectivity index (χ3v) is 3.08. The number of aromatic nitrogens is 2. The van der Waals surface area contributed by atoms with Crippen LogP contribution < -0.4 is 5.32 Å². The molecule has 1 amide bonds. The van der Waals surface area contributed by atoms with Crippen LogP contribution in [0.15, 0.2) is 12.4 Å². The highest BCUT2D eigenvalue weighted by Gasteiger charge is 2.32. The predicted octanol–water partition coefficient (Wildman–Crippen LogP) is -0.805. The highest BCUT2D eigenvalue weighted by molar-refractivity contribution is 5.86. The second-order valence-electron chi connectivity index (χ2n) is 4.33. The molecule has 0 bridgehead atoms. The van der Waals surface area contributed by atoms with Gasteiger partial charge in [0.15, 0.2) is 0 Å². The third-order valence-electron chi connectivity index (χ3n) is 3.08. The first-order valence-corrected chi connectivity index (χ1v) is 5.77. The van der Waals surface area contributed by atoms with Crippen molar-refractivity contribution in [3.8, 4) is 0 Å². The lowest BCUT2D eigenvalue weighted by molar-refractivity contribution is -0.143. The number of nitrogens with one attached hydrogen (secondary N) is 1. The van der Waals surface area contributed by atoms with Crippen molar-refractivity contribution in [3.63, 3.8) is 0 Å². The van der Waals surface area contributed by atoms with Crippen LogP contribution in [-0.4, -0.2) is 50.6 Å². The van der Waals surface area contributed by atoms with Gasteiger partial charge in [0, 0.05) is 32.5 Å². The number of carbonyl (C=O) groups excluding carboxylic acids is 1. The molecule has 98 valence electrons. The minimum absolute atomic E-state index is 0.184. The molecule has 1 aromatic rings. The van der Waals surface area contributed by atoms with Crippen molar-refractivity contribution in [2.45, 2.75) is 19.0 Å². The summed E-state index contributed by atoms with van der Waals surface area (Å²) < 4.78 is 1.87. The molecule has 1 fully saturated rings. The topological polar surface area (TPSA) is 87.5 Å². The van der Waals surface area contributed by atoms with E-state index in [1.54, 1.807) is 6.20 Å². The first-order chi connectivity index (χ1) is 8.58. The van der Waals surface area contributed by atoms with Gasteiger partial charge in [-0.05, 0) is 0 Å². The van der Waals surface area contributed by atoms with Gasteiger partial charge in [-0.3, -0.25) is 14.5 Å². The van der Waals surface area contributed by atoms with Crippen LogP contribution in [0.1, 0.15) is 12.2 Å². The summed E-state index contributed by atoms with van der Waals surface area (Å²) >= 11 is 0. The maximum atomic E-state index is 11.7. The zero-order valence-corrected chi connectivity index (χ0v) is 10.2. The molecule has 0 aliphatic carbocycles. The summed E-state index contributed by atoms with van der Waals surface area (Å²) in [4.78, 5) is 28.6. The molecule has 0 saturated carbocycles. The number of nitrogens with zero attached hydrogens (tertiary/aromatic N) is 3. The first-order valence-electron chi connectivity index (χ1n) is 5.77. The molecule has 1 aliphatic heterocycles. The highest BCUT2D eigenvalue weighted by atomic mass is 16.4. The van der Waals surface area contributed by atoms with Gasteiger partial charge < -0.3 is 15.0 Å². The maximum absolute atomic E-state index is 11.7. The molecular weight excluding hydrogens is 236 g/mol. The summed E-state index contributed by atoms with van der Waals surface area (Å²) in [5.41, 5.74) is 0. The Kier molecular flexibility index (Phi) is 3.61. The van der Waals surface area contributed by atoms with Crippen molar-refractivity contribution in [1.82, 2.24) is 19.8 Å². The van der Waals surface area contributed by atoms with Crippen LogP contribution in [0, 0.1) is 0 Å². The van der Waals surface area contributed by atoms with E-state index in [0.717, 1.165) is 5.82 Å². The van der Waals surface area contributed by atoms with Crippen LogP contribution in [0.3, 0.4) is 0 Å². The molecule has 7 heteroatoms. The number of carbonyl (C=O) groups is 2. The molecule has 1 saturated heterocycles. The van der Waals surface area contributed by atoms with E-state index in [9.17, 15) is 9.59 Å². The van der Waals surface area contributed by atoms with E-state index in [-0.39, 0.29) is 12.3 Å². The van der Waals surface area contributed by atoms with Gasteiger partial charge in [0.1, 0.15) is 11.9 Å². The van der Waals surface area contributed by atoms with Crippen molar-refractivity contribution >= 4 is 11.9 Å². The van der Waals surface area contributed by atoms with E-state index in [2.05, 4.69) is 10.3 Å². The SMILES string of the molecule is Cn1ccnc1CN1CCNC(=O)C1CC(=O)O. The number of aryl methyl sites for hydroxylation is 1. The van der Waals surface area contributed by atoms with E-state index < -0.39 is 12.0 Å². The zero-order valence-electron chi connectivity index (χ0n) is 10.2. The van der Waals surface area contributed by atoms with Gasteiger partial charge in [-0.25, -0.2) is 4.98 Å². The number of carboxylic acids is 1. The second kappa shape index (κ2) is 5.18. The minimum atomic E-state index is -0.970. The van der Waals surface area contributed by atoms with Gasteiger partial charge in [-0.1, -0.05) is 0 Å². The average molecular weight is 252 g/mol. The van der Waals surface area contributed by atoms with Crippen molar-refractivity contribution in [2.24, 2.45) is 7.05 Å². The van der Waals surface area contributed by atoms with Crippen LogP contribution in [-0.2, 0) is 23.2 Å². The highest BCUT2D eigenvalue weighted by Crippen LogP contribution is 2.12. The van der Waals surface area contributed by atoms with Gasteiger partial charge in [0.05, 0.1) is 13.0 Å². The number of hydrogen-bond donors (Lipinski definition) is 2. The molecule has 0 aromatic carbocycles. The maximum Gasteiger partial charge on any atom is 0.305 e. The van der Waals surface area contributed by atoms with E-state index in [4.69, 9.17) is 5.11 Å². The Hall–Kier alpha value is -1.89. The standard InChI is InChI=1S/C11H16N4O3/c1-14-4-2-12-9(14)7-15-5-3-13-11(18)8(15)6-10(16)17/h2,4,8H,3,5-7H2,1H3,(H,13,18)(H,16,17). The van der Waals surface area contributed by atoms with Crippen LogP contribution >= 0.6 is 0 Å². The van der Waals surface area contributed by atoms with Gasteiger partial charge in [-0.15, -0.1) is 0 Å². The molecule has 1 atom stereocenters. The summed E-state index contributed by atoms with van der Waals surface area (Å²) in [5.74, 6) is -0.375. The van der Waals surface area contributed by atoms with Crippen LogP contribution in [0.5, 0.6) is 0 Å². The quantitative estimate of drug-likeness (QED) is 0.732. The Balaban J connectivity index is 2.10.